The number of nitrogens with one attached hydrogen (secondary N) is 1. The molecule has 3 N–H and O–H groups in total. The molecule has 0 saturated carbocycles. The highest BCUT2D eigenvalue weighted by Gasteiger charge is 2.33. The fourth-order valence-electron chi connectivity index (χ4n) is 2.31. The third-order valence-corrected chi connectivity index (χ3v) is 3.60. The smallest absolute Gasteiger partial charge is 0.396 e. The summed E-state index contributed by atoms with van der Waals surface area (Å²) in [5, 5.41) is 6.48. The number of halogens is 3. The second kappa shape index (κ2) is 6.31. The Morgan fingerprint density at radius 3 is 2.65 bits per heavy atom. The molecule has 0 unspecified atom stereocenters. The first-order chi connectivity index (χ1) is 10.7. The fraction of sp³-hybridized carbons (Fsp3) is 0.333. The van der Waals surface area contributed by atoms with Gasteiger partial charge in [0.25, 0.3) is 0 Å². The summed E-state index contributed by atoms with van der Waals surface area (Å²) in [6, 6.07) is 3.70. The number of amides is 1. The molecule has 2 aromatic rings. The molecule has 8 heteroatoms. The summed E-state index contributed by atoms with van der Waals surface area (Å²) in [5.41, 5.74) is 6.31. The van der Waals surface area contributed by atoms with Gasteiger partial charge in [-0.2, -0.15) is 18.3 Å². The van der Waals surface area contributed by atoms with Gasteiger partial charge in [0.1, 0.15) is 0 Å². The van der Waals surface area contributed by atoms with Gasteiger partial charge in [-0.05, 0) is 24.6 Å². The van der Waals surface area contributed by atoms with Crippen LogP contribution in [0.3, 0.4) is 0 Å². The Morgan fingerprint density at radius 2 is 2.09 bits per heavy atom. The molecule has 0 saturated heterocycles. The van der Waals surface area contributed by atoms with Gasteiger partial charge in [-0.1, -0.05) is 6.07 Å². The highest BCUT2D eigenvalue weighted by atomic mass is 19.4. The Kier molecular flexibility index (Phi) is 4.63. The molecule has 1 aromatic heterocycles. The number of aryl methyl sites for hydroxylation is 1. The molecule has 2 rings (SSSR count). The molecule has 0 bridgehead atoms. The number of rotatable bonds is 4. The van der Waals surface area contributed by atoms with Crippen molar-refractivity contribution in [3.05, 3.63) is 41.2 Å². The van der Waals surface area contributed by atoms with Gasteiger partial charge < -0.3 is 11.1 Å². The van der Waals surface area contributed by atoms with Crippen molar-refractivity contribution in [1.29, 1.82) is 0 Å². The molecule has 1 aromatic carbocycles. The van der Waals surface area contributed by atoms with Crippen LogP contribution >= 0.6 is 0 Å². The topological polar surface area (TPSA) is 72.9 Å². The number of carbonyl (C=O) groups is 1. The highest BCUT2D eigenvalue weighted by molar-refractivity contribution is 5.91. The van der Waals surface area contributed by atoms with E-state index in [2.05, 4.69) is 10.4 Å². The normalized spacial score (nSPS) is 11.5. The summed E-state index contributed by atoms with van der Waals surface area (Å²) < 4.78 is 40.1. The number of carbonyl (C=O) groups excluding carboxylic acids is 1. The van der Waals surface area contributed by atoms with Gasteiger partial charge in [0.05, 0.1) is 23.1 Å². The van der Waals surface area contributed by atoms with Crippen LogP contribution in [0.15, 0.2) is 24.4 Å². The van der Waals surface area contributed by atoms with E-state index >= 15 is 0 Å². The van der Waals surface area contributed by atoms with E-state index in [4.69, 9.17) is 5.73 Å². The second-order valence-electron chi connectivity index (χ2n) is 5.19. The van der Waals surface area contributed by atoms with Crippen molar-refractivity contribution in [1.82, 2.24) is 9.78 Å². The van der Waals surface area contributed by atoms with Crippen LogP contribution in [-0.2, 0) is 24.4 Å². The van der Waals surface area contributed by atoms with Gasteiger partial charge in [0.2, 0.25) is 5.91 Å². The highest BCUT2D eigenvalue weighted by Crippen LogP contribution is 2.34. The number of aromatic nitrogens is 2. The Hall–Kier alpha value is -2.51. The number of hydrogen-bond donors (Lipinski definition) is 2. The van der Waals surface area contributed by atoms with E-state index in [1.54, 1.807) is 11.7 Å². The summed E-state index contributed by atoms with van der Waals surface area (Å²) in [6.07, 6.45) is -2.51. The van der Waals surface area contributed by atoms with Crippen LogP contribution in [-0.4, -0.2) is 15.7 Å². The van der Waals surface area contributed by atoms with Crippen LogP contribution in [0.25, 0.3) is 0 Å². The molecular formula is C15H17F3N4O. The number of nitrogens with zero attached hydrogens (tertiary/aromatic N) is 2. The number of anilines is 2. The third kappa shape index (κ3) is 3.82. The van der Waals surface area contributed by atoms with Crippen molar-refractivity contribution in [2.24, 2.45) is 7.05 Å². The summed E-state index contributed by atoms with van der Waals surface area (Å²) in [4.78, 5) is 12.0. The van der Waals surface area contributed by atoms with Gasteiger partial charge in [-0.15, -0.1) is 0 Å². The standard InChI is InChI=1S/C15H17F3N4O/c1-9-10(15(16,17)18)4-3-5-12(9)21-14(23)7-6-13-11(19)8-20-22(13)2/h3-5,8H,6-7,19H2,1-2H3,(H,21,23). The molecule has 23 heavy (non-hydrogen) atoms. The Labute approximate surface area is 131 Å². The van der Waals surface area contributed by atoms with E-state index in [1.165, 1.54) is 25.3 Å². The number of hydrogen-bond acceptors (Lipinski definition) is 3. The Morgan fingerprint density at radius 1 is 1.39 bits per heavy atom. The quantitative estimate of drug-likeness (QED) is 0.907. The van der Waals surface area contributed by atoms with Gasteiger partial charge in [-0.3, -0.25) is 9.48 Å². The third-order valence-electron chi connectivity index (χ3n) is 3.60. The van der Waals surface area contributed by atoms with E-state index in [-0.39, 0.29) is 23.6 Å². The summed E-state index contributed by atoms with van der Waals surface area (Å²) >= 11 is 0. The zero-order chi connectivity index (χ0) is 17.2. The zero-order valence-corrected chi connectivity index (χ0v) is 12.7. The molecule has 0 aliphatic rings. The predicted molar refractivity (Wildman–Crippen MR) is 80.8 cm³/mol. The number of alkyl halides is 3. The van der Waals surface area contributed by atoms with Gasteiger partial charge in [0.15, 0.2) is 0 Å². The number of benzene rings is 1. The minimum Gasteiger partial charge on any atom is -0.396 e. The maximum atomic E-state index is 12.9. The summed E-state index contributed by atoms with van der Waals surface area (Å²) in [6.45, 7) is 1.33. The van der Waals surface area contributed by atoms with Crippen molar-refractivity contribution < 1.29 is 18.0 Å². The van der Waals surface area contributed by atoms with Crippen LogP contribution in [0.5, 0.6) is 0 Å². The van der Waals surface area contributed by atoms with Crippen LogP contribution in [0.1, 0.15) is 23.2 Å². The first-order valence-corrected chi connectivity index (χ1v) is 6.93. The molecule has 0 radical (unpaired) electrons. The summed E-state index contributed by atoms with van der Waals surface area (Å²) in [7, 11) is 1.71. The fourth-order valence-corrected chi connectivity index (χ4v) is 2.31. The minimum absolute atomic E-state index is 0.00611. The Bertz CT molecular complexity index is 702. The van der Waals surface area contributed by atoms with Crippen molar-refractivity contribution in [3.8, 4) is 0 Å². The SMILES string of the molecule is Cc1c(NC(=O)CCc2c(N)cnn2C)cccc1C(F)(F)F. The number of nitrogens with two attached hydrogens (primary N) is 1. The molecule has 5 nitrogen and oxygen atoms in total. The number of nitrogen functional groups attached to an aromatic ring is 1. The maximum Gasteiger partial charge on any atom is 0.416 e. The molecule has 0 aliphatic heterocycles. The molecule has 0 aliphatic carbocycles. The lowest BCUT2D eigenvalue weighted by Crippen LogP contribution is -2.16. The summed E-state index contributed by atoms with van der Waals surface area (Å²) in [5.74, 6) is -0.381. The minimum atomic E-state index is -4.45. The average molecular weight is 326 g/mol. The van der Waals surface area contributed by atoms with Gasteiger partial charge >= 0.3 is 6.18 Å². The largest absolute Gasteiger partial charge is 0.416 e. The zero-order valence-electron chi connectivity index (χ0n) is 12.7. The van der Waals surface area contributed by atoms with Crippen molar-refractivity contribution in [2.75, 3.05) is 11.1 Å². The molecule has 0 fully saturated rings. The predicted octanol–water partition coefficient (Wildman–Crippen LogP) is 2.90. The maximum absolute atomic E-state index is 12.9. The first kappa shape index (κ1) is 16.9. The molecule has 0 atom stereocenters. The second-order valence-corrected chi connectivity index (χ2v) is 5.19. The molecule has 1 amide bonds. The lowest BCUT2D eigenvalue weighted by Gasteiger charge is -2.14. The average Bonchev–Trinajstić information content (AvgIpc) is 2.77. The lowest BCUT2D eigenvalue weighted by molar-refractivity contribution is -0.138. The van der Waals surface area contributed by atoms with Crippen LogP contribution in [0.4, 0.5) is 24.5 Å². The van der Waals surface area contributed by atoms with E-state index in [9.17, 15) is 18.0 Å². The van der Waals surface area contributed by atoms with E-state index in [1.807, 2.05) is 0 Å². The molecule has 0 spiro atoms. The molecular weight excluding hydrogens is 309 g/mol. The lowest BCUT2D eigenvalue weighted by atomic mass is 10.1. The monoisotopic (exact) mass is 326 g/mol. The van der Waals surface area contributed by atoms with E-state index < -0.39 is 11.7 Å². The van der Waals surface area contributed by atoms with Crippen molar-refractivity contribution in [3.63, 3.8) is 0 Å². The van der Waals surface area contributed by atoms with E-state index in [0.717, 1.165) is 6.07 Å². The van der Waals surface area contributed by atoms with Crippen molar-refractivity contribution in [2.45, 2.75) is 25.9 Å². The van der Waals surface area contributed by atoms with Crippen molar-refractivity contribution >= 4 is 17.3 Å². The first-order valence-electron chi connectivity index (χ1n) is 6.93. The van der Waals surface area contributed by atoms with Crippen LogP contribution < -0.4 is 11.1 Å². The van der Waals surface area contributed by atoms with Crippen LogP contribution in [0, 0.1) is 6.92 Å². The molecule has 1 heterocycles. The van der Waals surface area contributed by atoms with E-state index in [0.29, 0.717) is 17.8 Å². The Balaban J connectivity index is 2.06. The van der Waals surface area contributed by atoms with Gasteiger partial charge in [0, 0.05) is 25.6 Å². The van der Waals surface area contributed by atoms with Gasteiger partial charge in [-0.25, -0.2) is 0 Å². The van der Waals surface area contributed by atoms with Crippen LogP contribution in [0.2, 0.25) is 0 Å². The molecule has 124 valence electrons.